The van der Waals surface area contributed by atoms with E-state index in [0.717, 1.165) is 26.3 Å². The van der Waals surface area contributed by atoms with Crippen molar-refractivity contribution in [2.45, 2.75) is 13.5 Å². The van der Waals surface area contributed by atoms with E-state index in [0.29, 0.717) is 6.54 Å². The van der Waals surface area contributed by atoms with Crippen LogP contribution in [0.15, 0.2) is 6.20 Å². The van der Waals surface area contributed by atoms with Crippen molar-refractivity contribution in [3.05, 3.63) is 18.2 Å². The number of nitrogens with one attached hydrogen (secondary N) is 1. The highest BCUT2D eigenvalue weighted by atomic mass is 16.5. The van der Waals surface area contributed by atoms with Gasteiger partial charge in [0.2, 0.25) is 0 Å². The van der Waals surface area contributed by atoms with Gasteiger partial charge in [0.05, 0.1) is 13.2 Å². The average Bonchev–Trinajstić information content (AvgIpc) is 2.70. The smallest absolute Gasteiger partial charge is 0.284 e. The predicted octanol–water partition coefficient (Wildman–Crippen LogP) is -0.592. The Hall–Kier alpha value is -1.40. The van der Waals surface area contributed by atoms with Crippen molar-refractivity contribution in [3.8, 4) is 0 Å². The molecule has 1 radical (unpaired) electrons. The van der Waals surface area contributed by atoms with Crippen LogP contribution in [0.4, 0.5) is 0 Å². The number of rotatable bonds is 6. The molecule has 3 N–H and O–H groups in total. The fraction of sp³-hybridized carbons (Fsp3) is 0.636. The quantitative estimate of drug-likeness (QED) is 0.648. The van der Waals surface area contributed by atoms with Crippen molar-refractivity contribution in [1.29, 1.82) is 0 Å². The maximum Gasteiger partial charge on any atom is 0.284 e. The fourth-order valence-corrected chi connectivity index (χ4v) is 1.79. The average molecular weight is 237 g/mol. The molecule has 2 rings (SSSR count). The normalized spacial score (nSPS) is 17.7. The number of imidazole rings is 1. The molecule has 1 amide bonds. The van der Waals surface area contributed by atoms with Gasteiger partial charge in [-0.3, -0.25) is 4.79 Å². The summed E-state index contributed by atoms with van der Waals surface area (Å²) in [5.74, 6) is -0.268. The lowest BCUT2D eigenvalue weighted by molar-refractivity contribution is -0.0989. The number of primary amides is 1. The molecule has 1 aromatic heterocycles. The van der Waals surface area contributed by atoms with Crippen LogP contribution in [-0.4, -0.2) is 41.8 Å². The Balaban J connectivity index is 1.74. The topological polar surface area (TPSA) is 82.2 Å². The number of hydrogen-bond acceptors (Lipinski definition) is 4. The van der Waals surface area contributed by atoms with E-state index in [1.807, 2.05) is 0 Å². The van der Waals surface area contributed by atoms with Gasteiger partial charge < -0.3 is 20.4 Å². The number of amides is 1. The third-order valence-electron chi connectivity index (χ3n) is 2.86. The standard InChI is InChI=1S/C11H17N4O2/c1-11(7-17-8-11)6-13-2-4-15-5-3-14-10(15)9(12)16/h5,13H,2,4,6-8H2,1H3,(H2,12,16). The van der Waals surface area contributed by atoms with Crippen LogP contribution in [0.2, 0.25) is 0 Å². The van der Waals surface area contributed by atoms with Crippen LogP contribution in [0.5, 0.6) is 0 Å². The van der Waals surface area contributed by atoms with Gasteiger partial charge in [-0.25, -0.2) is 4.98 Å². The van der Waals surface area contributed by atoms with Crippen molar-refractivity contribution >= 4 is 5.91 Å². The van der Waals surface area contributed by atoms with E-state index in [4.69, 9.17) is 10.5 Å². The van der Waals surface area contributed by atoms with E-state index in [1.165, 1.54) is 0 Å². The monoisotopic (exact) mass is 237 g/mol. The minimum absolute atomic E-state index is 0.255. The molecule has 17 heavy (non-hydrogen) atoms. The maximum absolute atomic E-state index is 11.0. The second-order valence-corrected chi connectivity index (χ2v) is 4.73. The molecule has 1 saturated heterocycles. The first-order valence-electron chi connectivity index (χ1n) is 5.62. The van der Waals surface area contributed by atoms with Gasteiger partial charge in [0.1, 0.15) is 6.20 Å². The Bertz CT molecular complexity index is 398. The molecule has 0 bridgehead atoms. The van der Waals surface area contributed by atoms with Gasteiger partial charge in [0.25, 0.3) is 5.91 Å². The van der Waals surface area contributed by atoms with Crippen LogP contribution in [0.1, 0.15) is 17.5 Å². The first-order chi connectivity index (χ1) is 8.11. The van der Waals surface area contributed by atoms with Crippen LogP contribution in [0.3, 0.4) is 0 Å². The summed E-state index contributed by atoms with van der Waals surface area (Å²) in [5, 5.41) is 3.34. The van der Waals surface area contributed by atoms with Gasteiger partial charge in [-0.2, -0.15) is 0 Å². The van der Waals surface area contributed by atoms with Crippen LogP contribution in [0, 0.1) is 11.6 Å². The molecule has 0 aliphatic carbocycles. The molecule has 0 spiro atoms. The summed E-state index contributed by atoms with van der Waals surface area (Å²) in [7, 11) is 0. The highest BCUT2D eigenvalue weighted by Crippen LogP contribution is 2.24. The summed E-state index contributed by atoms with van der Waals surface area (Å²) in [6.07, 6.45) is 4.26. The van der Waals surface area contributed by atoms with Crippen molar-refractivity contribution in [1.82, 2.24) is 14.9 Å². The summed E-state index contributed by atoms with van der Waals surface area (Å²) in [6.45, 7) is 6.14. The van der Waals surface area contributed by atoms with Crippen molar-refractivity contribution < 1.29 is 9.53 Å². The Morgan fingerprint density at radius 3 is 3.12 bits per heavy atom. The predicted molar refractivity (Wildman–Crippen MR) is 61.4 cm³/mol. The molecule has 0 unspecified atom stereocenters. The van der Waals surface area contributed by atoms with Gasteiger partial charge in [0, 0.05) is 31.2 Å². The number of carbonyl (C=O) groups is 1. The van der Waals surface area contributed by atoms with Crippen LogP contribution < -0.4 is 11.1 Å². The molecule has 1 aromatic rings. The SMILES string of the molecule is CC1(CNCCn2c[c]nc2C(N)=O)COC1. The Kier molecular flexibility index (Phi) is 3.44. The number of carbonyl (C=O) groups excluding carboxylic acids is 1. The van der Waals surface area contributed by atoms with Gasteiger partial charge in [-0.15, -0.1) is 0 Å². The van der Waals surface area contributed by atoms with Gasteiger partial charge in [-0.1, -0.05) is 6.92 Å². The summed E-state index contributed by atoms with van der Waals surface area (Å²) in [4.78, 5) is 14.8. The maximum atomic E-state index is 11.0. The molecule has 0 atom stereocenters. The molecule has 0 saturated carbocycles. The second kappa shape index (κ2) is 4.85. The highest BCUT2D eigenvalue weighted by Gasteiger charge is 2.32. The second-order valence-electron chi connectivity index (χ2n) is 4.73. The summed E-state index contributed by atoms with van der Waals surface area (Å²) in [5.41, 5.74) is 5.44. The van der Waals surface area contributed by atoms with Crippen molar-refractivity contribution in [2.75, 3.05) is 26.3 Å². The molecule has 1 aliphatic heterocycles. The van der Waals surface area contributed by atoms with Gasteiger partial charge in [0.15, 0.2) is 5.82 Å². The van der Waals surface area contributed by atoms with Crippen LogP contribution >= 0.6 is 0 Å². The summed E-state index contributed by atoms with van der Waals surface area (Å²) in [6, 6.07) is 0. The van der Waals surface area contributed by atoms with E-state index < -0.39 is 5.91 Å². The molecule has 0 aromatic carbocycles. The Morgan fingerprint density at radius 2 is 2.53 bits per heavy atom. The first-order valence-corrected chi connectivity index (χ1v) is 5.62. The lowest BCUT2D eigenvalue weighted by Gasteiger charge is -2.38. The summed E-state index contributed by atoms with van der Waals surface area (Å²) < 4.78 is 6.87. The van der Waals surface area contributed by atoms with E-state index in [1.54, 1.807) is 10.8 Å². The lowest BCUT2D eigenvalue weighted by atomic mass is 9.89. The van der Waals surface area contributed by atoms with E-state index in [2.05, 4.69) is 23.4 Å². The van der Waals surface area contributed by atoms with Crippen LogP contribution in [0.25, 0.3) is 0 Å². The zero-order valence-electron chi connectivity index (χ0n) is 9.90. The third-order valence-corrected chi connectivity index (χ3v) is 2.86. The number of hydrogen-bond donors (Lipinski definition) is 2. The molecule has 2 heterocycles. The number of nitrogens with two attached hydrogens (primary N) is 1. The molecular formula is C11H17N4O2. The van der Waals surface area contributed by atoms with Gasteiger partial charge in [-0.05, 0) is 0 Å². The van der Waals surface area contributed by atoms with Crippen LogP contribution in [-0.2, 0) is 11.3 Å². The van der Waals surface area contributed by atoms with E-state index >= 15 is 0 Å². The Morgan fingerprint density at radius 1 is 1.76 bits per heavy atom. The zero-order chi connectivity index (χ0) is 12.3. The minimum atomic E-state index is -0.523. The molecule has 6 nitrogen and oxygen atoms in total. The molecule has 93 valence electrons. The summed E-state index contributed by atoms with van der Waals surface area (Å²) >= 11 is 0. The molecule has 1 fully saturated rings. The number of nitrogens with zero attached hydrogens (tertiary/aromatic N) is 2. The highest BCUT2D eigenvalue weighted by molar-refractivity contribution is 5.89. The first kappa shape index (κ1) is 12.1. The number of aromatic nitrogens is 2. The van der Waals surface area contributed by atoms with Crippen molar-refractivity contribution in [2.24, 2.45) is 11.1 Å². The van der Waals surface area contributed by atoms with E-state index in [-0.39, 0.29) is 11.2 Å². The largest absolute Gasteiger partial charge is 0.380 e. The van der Waals surface area contributed by atoms with Gasteiger partial charge >= 0.3 is 0 Å². The molecule has 1 aliphatic rings. The fourth-order valence-electron chi connectivity index (χ4n) is 1.79. The Labute approximate surface area is 100 Å². The zero-order valence-corrected chi connectivity index (χ0v) is 9.90. The number of ether oxygens (including phenoxy) is 1. The van der Waals surface area contributed by atoms with E-state index in [9.17, 15) is 4.79 Å². The van der Waals surface area contributed by atoms with Crippen molar-refractivity contribution in [3.63, 3.8) is 0 Å². The molecule has 6 heteroatoms. The lowest BCUT2D eigenvalue weighted by Crippen LogP contribution is -2.47. The third kappa shape index (κ3) is 2.83. The molecular weight excluding hydrogens is 220 g/mol. The minimum Gasteiger partial charge on any atom is -0.380 e.